The average molecular weight is 289 g/mol. The molecule has 0 aliphatic heterocycles. The second kappa shape index (κ2) is 5.88. The Hall–Kier alpha value is -1.47. The summed E-state index contributed by atoms with van der Waals surface area (Å²) in [6, 6.07) is 14.2. The maximum Gasteiger partial charge on any atom is 0.123 e. The van der Waals surface area contributed by atoms with Crippen LogP contribution < -0.4 is 4.74 Å². The Morgan fingerprint density at radius 1 is 1.05 bits per heavy atom. The van der Waals surface area contributed by atoms with Gasteiger partial charge in [-0.25, -0.2) is 0 Å². The molecule has 0 spiro atoms. The van der Waals surface area contributed by atoms with E-state index in [4.69, 9.17) is 16.3 Å². The third kappa shape index (κ3) is 3.55. The number of hydrogen-bond acceptors (Lipinski definition) is 1. The quantitative estimate of drug-likeness (QED) is 0.722. The van der Waals surface area contributed by atoms with E-state index in [2.05, 4.69) is 32.9 Å². The Kier molecular flexibility index (Phi) is 4.39. The monoisotopic (exact) mass is 288 g/mol. The summed E-state index contributed by atoms with van der Waals surface area (Å²) in [6.07, 6.45) is 0. The Bertz CT molecular complexity index is 597. The van der Waals surface area contributed by atoms with E-state index in [0.717, 1.165) is 21.9 Å². The minimum atomic E-state index is 0.0632. The Labute approximate surface area is 126 Å². The smallest absolute Gasteiger partial charge is 0.123 e. The number of rotatable bonds is 3. The lowest BCUT2D eigenvalue weighted by Crippen LogP contribution is -2.13. The topological polar surface area (TPSA) is 9.23 Å². The Morgan fingerprint density at radius 2 is 1.75 bits per heavy atom. The molecule has 0 heterocycles. The molecule has 106 valence electrons. The molecule has 2 aromatic carbocycles. The number of ether oxygens (including phenoxy) is 1. The van der Waals surface area contributed by atoms with E-state index in [1.807, 2.05) is 37.3 Å². The van der Waals surface area contributed by atoms with Gasteiger partial charge in [-0.1, -0.05) is 62.7 Å². The molecular formula is C18H21ClO. The molecule has 0 N–H and O–H groups in total. The van der Waals surface area contributed by atoms with Crippen molar-refractivity contribution in [1.29, 1.82) is 0 Å². The van der Waals surface area contributed by atoms with Crippen LogP contribution in [0, 0.1) is 6.92 Å². The lowest BCUT2D eigenvalue weighted by atomic mass is 9.86. The molecule has 2 aromatic rings. The van der Waals surface area contributed by atoms with Crippen LogP contribution in [-0.2, 0) is 12.0 Å². The van der Waals surface area contributed by atoms with Crippen LogP contribution in [-0.4, -0.2) is 0 Å². The van der Waals surface area contributed by atoms with Crippen molar-refractivity contribution in [2.75, 3.05) is 0 Å². The number of halogens is 1. The molecule has 0 aliphatic rings. The summed E-state index contributed by atoms with van der Waals surface area (Å²) in [7, 11) is 0. The lowest BCUT2D eigenvalue weighted by molar-refractivity contribution is 0.297. The van der Waals surface area contributed by atoms with Crippen LogP contribution >= 0.6 is 11.6 Å². The largest absolute Gasteiger partial charge is 0.489 e. The van der Waals surface area contributed by atoms with Crippen molar-refractivity contribution in [3.63, 3.8) is 0 Å². The molecule has 0 saturated heterocycles. The zero-order valence-corrected chi connectivity index (χ0v) is 13.3. The summed E-state index contributed by atoms with van der Waals surface area (Å²) in [4.78, 5) is 0. The first kappa shape index (κ1) is 14.9. The molecule has 1 nitrogen and oxygen atoms in total. The number of para-hydroxylation sites is 1. The average Bonchev–Trinajstić information content (AvgIpc) is 2.37. The van der Waals surface area contributed by atoms with E-state index < -0.39 is 0 Å². The maximum atomic E-state index is 6.25. The van der Waals surface area contributed by atoms with Crippen molar-refractivity contribution in [3.05, 3.63) is 64.2 Å². The highest BCUT2D eigenvalue weighted by molar-refractivity contribution is 6.31. The van der Waals surface area contributed by atoms with Crippen LogP contribution in [0.1, 0.15) is 37.5 Å². The minimum absolute atomic E-state index is 0.0632. The van der Waals surface area contributed by atoms with Crippen molar-refractivity contribution in [1.82, 2.24) is 0 Å². The summed E-state index contributed by atoms with van der Waals surface area (Å²) in [5, 5.41) is 0.762. The third-order valence-corrected chi connectivity index (χ3v) is 3.64. The molecule has 0 saturated carbocycles. The van der Waals surface area contributed by atoms with E-state index in [1.165, 1.54) is 5.56 Å². The molecule has 0 atom stereocenters. The summed E-state index contributed by atoms with van der Waals surface area (Å²) in [5.41, 5.74) is 3.45. The third-order valence-electron chi connectivity index (χ3n) is 3.29. The normalized spacial score (nSPS) is 11.4. The van der Waals surface area contributed by atoms with Crippen LogP contribution in [0.15, 0.2) is 42.5 Å². The number of aryl methyl sites for hydroxylation is 1. The highest BCUT2D eigenvalue weighted by atomic mass is 35.5. The number of hydrogen-bond donors (Lipinski definition) is 0. The van der Waals surface area contributed by atoms with E-state index in [0.29, 0.717) is 6.61 Å². The minimum Gasteiger partial charge on any atom is -0.489 e. The van der Waals surface area contributed by atoms with Gasteiger partial charge in [-0.05, 0) is 35.6 Å². The van der Waals surface area contributed by atoms with Crippen LogP contribution in [0.5, 0.6) is 5.75 Å². The van der Waals surface area contributed by atoms with E-state index in [1.54, 1.807) is 0 Å². The summed E-state index contributed by atoms with van der Waals surface area (Å²) in [6.45, 7) is 9.09. The fourth-order valence-corrected chi connectivity index (χ4v) is 2.43. The van der Waals surface area contributed by atoms with Crippen LogP contribution in [0.4, 0.5) is 0 Å². The molecule has 0 aromatic heterocycles. The van der Waals surface area contributed by atoms with Crippen molar-refractivity contribution in [3.8, 4) is 5.75 Å². The van der Waals surface area contributed by atoms with Gasteiger partial charge < -0.3 is 4.74 Å². The van der Waals surface area contributed by atoms with Crippen molar-refractivity contribution in [2.45, 2.75) is 39.7 Å². The van der Waals surface area contributed by atoms with Crippen molar-refractivity contribution < 1.29 is 4.74 Å². The first-order chi connectivity index (χ1) is 9.38. The number of benzene rings is 2. The second-order valence-electron chi connectivity index (χ2n) is 6.13. The van der Waals surface area contributed by atoms with E-state index in [9.17, 15) is 0 Å². The molecule has 2 rings (SSSR count). The van der Waals surface area contributed by atoms with E-state index >= 15 is 0 Å². The summed E-state index contributed by atoms with van der Waals surface area (Å²) < 4.78 is 5.99. The molecule has 0 aliphatic carbocycles. The maximum absolute atomic E-state index is 6.25. The van der Waals surface area contributed by atoms with Gasteiger partial charge in [0.1, 0.15) is 12.4 Å². The van der Waals surface area contributed by atoms with Gasteiger partial charge in [-0.2, -0.15) is 0 Å². The molecule has 0 amide bonds. The van der Waals surface area contributed by atoms with Crippen molar-refractivity contribution >= 4 is 11.6 Å². The second-order valence-corrected chi connectivity index (χ2v) is 6.54. The Morgan fingerprint density at radius 3 is 2.40 bits per heavy atom. The van der Waals surface area contributed by atoms with E-state index in [-0.39, 0.29) is 5.41 Å². The molecule has 2 heteroatoms. The summed E-state index contributed by atoms with van der Waals surface area (Å²) >= 11 is 6.25. The Balaban J connectivity index is 2.19. The lowest BCUT2D eigenvalue weighted by Gasteiger charge is -2.22. The molecule has 20 heavy (non-hydrogen) atoms. The van der Waals surface area contributed by atoms with Crippen LogP contribution in [0.3, 0.4) is 0 Å². The fourth-order valence-electron chi connectivity index (χ4n) is 2.14. The molecule has 0 bridgehead atoms. The first-order valence-electron chi connectivity index (χ1n) is 6.85. The summed E-state index contributed by atoms with van der Waals surface area (Å²) in [5.74, 6) is 0.927. The van der Waals surface area contributed by atoms with Gasteiger partial charge in [0, 0.05) is 10.6 Å². The molecular weight excluding hydrogens is 268 g/mol. The van der Waals surface area contributed by atoms with Crippen molar-refractivity contribution in [2.24, 2.45) is 0 Å². The molecule has 0 unspecified atom stereocenters. The van der Waals surface area contributed by atoms with Gasteiger partial charge in [-0.3, -0.25) is 0 Å². The van der Waals surface area contributed by atoms with Gasteiger partial charge in [0.25, 0.3) is 0 Å². The van der Waals surface area contributed by atoms with Crippen LogP contribution in [0.2, 0.25) is 5.02 Å². The first-order valence-corrected chi connectivity index (χ1v) is 7.23. The predicted molar refractivity (Wildman–Crippen MR) is 85.7 cm³/mol. The van der Waals surface area contributed by atoms with Gasteiger partial charge in [0.15, 0.2) is 0 Å². The standard InChI is InChI=1S/C18H21ClO/c1-13-9-10-14(16(19)11-13)12-20-17-8-6-5-7-15(17)18(2,3)4/h5-11H,12H2,1-4H3. The van der Waals surface area contributed by atoms with Gasteiger partial charge in [0.2, 0.25) is 0 Å². The highest BCUT2D eigenvalue weighted by Gasteiger charge is 2.18. The predicted octanol–water partition coefficient (Wildman–Crippen LogP) is 5.52. The van der Waals surface area contributed by atoms with Gasteiger partial charge in [0.05, 0.1) is 0 Å². The van der Waals surface area contributed by atoms with Gasteiger partial charge >= 0.3 is 0 Å². The SMILES string of the molecule is Cc1ccc(COc2ccccc2C(C)(C)C)c(Cl)c1. The van der Waals surface area contributed by atoms with Crippen LogP contribution in [0.25, 0.3) is 0 Å². The highest BCUT2D eigenvalue weighted by Crippen LogP contribution is 2.31. The van der Waals surface area contributed by atoms with Gasteiger partial charge in [-0.15, -0.1) is 0 Å². The zero-order chi connectivity index (χ0) is 14.8. The molecule has 0 radical (unpaired) electrons. The molecule has 0 fully saturated rings. The fraction of sp³-hybridized carbons (Fsp3) is 0.333. The zero-order valence-electron chi connectivity index (χ0n) is 12.5.